The van der Waals surface area contributed by atoms with Crippen molar-refractivity contribution in [2.24, 2.45) is 0 Å². The van der Waals surface area contributed by atoms with E-state index in [0.717, 1.165) is 16.8 Å². The number of hydrogen-bond donors (Lipinski definition) is 2. The maximum Gasteiger partial charge on any atom is 0.275 e. The van der Waals surface area contributed by atoms with Crippen LogP contribution in [-0.2, 0) is 11.3 Å². The molecule has 3 aromatic rings. The molecule has 2 N–H and O–H groups in total. The lowest BCUT2D eigenvalue weighted by molar-refractivity contribution is -0.122. The van der Waals surface area contributed by atoms with Crippen molar-refractivity contribution < 1.29 is 18.7 Å². The number of carbonyl (C=O) groups excluding carboxylic acids is 1. The number of aryl methyl sites for hydroxylation is 1. The van der Waals surface area contributed by atoms with Gasteiger partial charge in [-0.1, -0.05) is 24.3 Å². The van der Waals surface area contributed by atoms with Crippen LogP contribution < -0.4 is 10.9 Å². The van der Waals surface area contributed by atoms with Crippen LogP contribution in [0.3, 0.4) is 0 Å². The van der Waals surface area contributed by atoms with Gasteiger partial charge in [0.25, 0.3) is 5.56 Å². The number of nitrogens with one attached hydrogen (secondary N) is 1. The summed E-state index contributed by atoms with van der Waals surface area (Å²) in [5.74, 6) is -2.65. The van der Waals surface area contributed by atoms with Crippen LogP contribution in [0.2, 0.25) is 0 Å². The molecule has 1 heterocycles. The quantitative estimate of drug-likeness (QED) is 0.715. The molecule has 0 unspecified atom stereocenters. The minimum Gasteiger partial charge on any atom is -0.387 e. The van der Waals surface area contributed by atoms with Gasteiger partial charge in [0.1, 0.15) is 6.54 Å². The van der Waals surface area contributed by atoms with Crippen LogP contribution in [0, 0.1) is 18.6 Å². The Labute approximate surface area is 153 Å². The first-order valence-corrected chi connectivity index (χ1v) is 8.23. The molecule has 0 saturated carbocycles. The molecule has 140 valence electrons. The number of aliphatic hydroxyl groups is 1. The first-order chi connectivity index (χ1) is 12.9. The number of benzene rings is 2. The van der Waals surface area contributed by atoms with E-state index in [0.29, 0.717) is 16.5 Å². The highest BCUT2D eigenvalue weighted by Gasteiger charge is 2.14. The molecular formula is C19H17F2N3O3. The molecule has 0 aliphatic heterocycles. The van der Waals surface area contributed by atoms with E-state index in [1.165, 1.54) is 6.07 Å². The second-order valence-electron chi connectivity index (χ2n) is 6.09. The Morgan fingerprint density at radius 1 is 1.19 bits per heavy atom. The summed E-state index contributed by atoms with van der Waals surface area (Å²) in [5, 5.41) is 17.8. The number of aromatic nitrogens is 2. The fourth-order valence-electron chi connectivity index (χ4n) is 2.75. The molecular weight excluding hydrogens is 356 g/mol. The molecule has 0 bridgehead atoms. The molecule has 0 radical (unpaired) electrons. The van der Waals surface area contributed by atoms with Crippen molar-refractivity contribution in [3.05, 3.63) is 75.7 Å². The van der Waals surface area contributed by atoms with Crippen molar-refractivity contribution in [2.75, 3.05) is 6.54 Å². The Morgan fingerprint density at radius 2 is 1.89 bits per heavy atom. The van der Waals surface area contributed by atoms with Crippen LogP contribution in [0.1, 0.15) is 17.4 Å². The highest BCUT2D eigenvalue weighted by atomic mass is 19.2. The fourth-order valence-corrected chi connectivity index (χ4v) is 2.75. The lowest BCUT2D eigenvalue weighted by Crippen LogP contribution is -2.36. The van der Waals surface area contributed by atoms with Crippen LogP contribution in [0.25, 0.3) is 10.8 Å². The van der Waals surface area contributed by atoms with Gasteiger partial charge in [-0.05, 0) is 30.7 Å². The minimum absolute atomic E-state index is 0.131. The molecule has 1 atom stereocenters. The summed E-state index contributed by atoms with van der Waals surface area (Å²) in [6.45, 7) is 1.20. The number of carbonyl (C=O) groups is 1. The summed E-state index contributed by atoms with van der Waals surface area (Å²) in [4.78, 5) is 24.6. The van der Waals surface area contributed by atoms with E-state index in [-0.39, 0.29) is 18.7 Å². The van der Waals surface area contributed by atoms with Crippen molar-refractivity contribution in [1.29, 1.82) is 0 Å². The van der Waals surface area contributed by atoms with E-state index in [4.69, 9.17) is 0 Å². The van der Waals surface area contributed by atoms with Crippen LogP contribution in [0.5, 0.6) is 0 Å². The van der Waals surface area contributed by atoms with Gasteiger partial charge in [-0.15, -0.1) is 0 Å². The summed E-state index contributed by atoms with van der Waals surface area (Å²) < 4.78 is 27.2. The predicted octanol–water partition coefficient (Wildman–Crippen LogP) is 1.83. The third-order valence-corrected chi connectivity index (χ3v) is 4.17. The van der Waals surface area contributed by atoms with Crippen molar-refractivity contribution in [1.82, 2.24) is 15.1 Å². The summed E-state index contributed by atoms with van der Waals surface area (Å²) in [6.07, 6.45) is -1.22. The summed E-state index contributed by atoms with van der Waals surface area (Å²) in [6, 6.07) is 9.96. The van der Waals surface area contributed by atoms with Crippen LogP contribution in [0.4, 0.5) is 8.78 Å². The molecule has 6 nitrogen and oxygen atoms in total. The molecule has 0 aliphatic carbocycles. The van der Waals surface area contributed by atoms with Crippen molar-refractivity contribution in [3.63, 3.8) is 0 Å². The Morgan fingerprint density at radius 3 is 2.59 bits per heavy atom. The molecule has 1 aromatic heterocycles. The largest absolute Gasteiger partial charge is 0.387 e. The molecule has 2 aromatic carbocycles. The molecule has 0 aliphatic rings. The van der Waals surface area contributed by atoms with Gasteiger partial charge in [0.2, 0.25) is 5.91 Å². The molecule has 0 saturated heterocycles. The van der Waals surface area contributed by atoms with Gasteiger partial charge in [0, 0.05) is 11.9 Å². The predicted molar refractivity (Wildman–Crippen MR) is 95.1 cm³/mol. The SMILES string of the molecule is Cc1nn(CC(=O)NC[C@@H](O)c2ccc(F)c(F)c2)c(=O)c2ccccc12. The van der Waals surface area contributed by atoms with E-state index < -0.39 is 29.2 Å². The number of hydrogen-bond acceptors (Lipinski definition) is 4. The molecule has 27 heavy (non-hydrogen) atoms. The van der Waals surface area contributed by atoms with Gasteiger partial charge in [0.05, 0.1) is 17.2 Å². The second kappa shape index (κ2) is 7.63. The zero-order valence-corrected chi connectivity index (χ0v) is 14.4. The maximum absolute atomic E-state index is 13.2. The lowest BCUT2D eigenvalue weighted by atomic mass is 10.1. The van der Waals surface area contributed by atoms with Crippen LogP contribution >= 0.6 is 0 Å². The first-order valence-electron chi connectivity index (χ1n) is 8.23. The highest BCUT2D eigenvalue weighted by Crippen LogP contribution is 2.15. The maximum atomic E-state index is 13.2. The molecule has 0 fully saturated rings. The Hall–Kier alpha value is -3.13. The summed E-state index contributed by atoms with van der Waals surface area (Å²) in [7, 11) is 0. The topological polar surface area (TPSA) is 84.2 Å². The van der Waals surface area contributed by atoms with Crippen LogP contribution in [-0.4, -0.2) is 27.3 Å². The molecule has 1 amide bonds. The number of halogens is 2. The smallest absolute Gasteiger partial charge is 0.275 e. The Kier molecular flexibility index (Phi) is 5.27. The number of rotatable bonds is 5. The molecule has 8 heteroatoms. The standard InChI is InChI=1S/C19H17F2N3O3/c1-11-13-4-2-3-5-14(13)19(27)24(23-11)10-18(26)22-9-17(25)12-6-7-15(20)16(21)8-12/h2-8,17,25H,9-10H2,1H3,(H,22,26)/t17-/m1/s1. The molecule has 3 rings (SSSR count). The monoisotopic (exact) mass is 373 g/mol. The van der Waals surface area contributed by atoms with Gasteiger partial charge in [-0.25, -0.2) is 13.5 Å². The summed E-state index contributed by atoms with van der Waals surface area (Å²) in [5.41, 5.74) is 0.346. The van der Waals surface area contributed by atoms with Crippen LogP contribution in [0.15, 0.2) is 47.3 Å². The third kappa shape index (κ3) is 4.01. The van der Waals surface area contributed by atoms with E-state index in [2.05, 4.69) is 10.4 Å². The highest BCUT2D eigenvalue weighted by molar-refractivity contribution is 5.83. The zero-order valence-electron chi connectivity index (χ0n) is 14.4. The van der Waals surface area contributed by atoms with Crippen molar-refractivity contribution in [3.8, 4) is 0 Å². The van der Waals surface area contributed by atoms with Gasteiger partial charge < -0.3 is 10.4 Å². The summed E-state index contributed by atoms with van der Waals surface area (Å²) >= 11 is 0. The normalized spacial score (nSPS) is 12.1. The number of fused-ring (bicyclic) bond motifs is 1. The Bertz CT molecular complexity index is 1070. The van der Waals surface area contributed by atoms with E-state index >= 15 is 0 Å². The Balaban J connectivity index is 1.69. The van der Waals surface area contributed by atoms with E-state index in [1.54, 1.807) is 31.2 Å². The third-order valence-electron chi connectivity index (χ3n) is 4.17. The van der Waals surface area contributed by atoms with Crippen molar-refractivity contribution in [2.45, 2.75) is 19.6 Å². The van der Waals surface area contributed by atoms with Crippen molar-refractivity contribution >= 4 is 16.7 Å². The fraction of sp³-hybridized carbons (Fsp3) is 0.211. The number of amides is 1. The average molecular weight is 373 g/mol. The van der Waals surface area contributed by atoms with E-state index in [9.17, 15) is 23.5 Å². The number of nitrogens with zero attached hydrogens (tertiary/aromatic N) is 2. The van der Waals surface area contributed by atoms with Gasteiger partial charge >= 0.3 is 0 Å². The zero-order chi connectivity index (χ0) is 19.6. The van der Waals surface area contributed by atoms with Gasteiger partial charge in [0.15, 0.2) is 11.6 Å². The molecule has 0 spiro atoms. The van der Waals surface area contributed by atoms with Gasteiger partial charge in [-0.2, -0.15) is 5.10 Å². The van der Waals surface area contributed by atoms with E-state index in [1.807, 2.05) is 0 Å². The minimum atomic E-state index is -1.22. The first kappa shape index (κ1) is 18.7. The van der Waals surface area contributed by atoms with Gasteiger partial charge in [-0.3, -0.25) is 9.59 Å². The lowest BCUT2D eigenvalue weighted by Gasteiger charge is -2.13. The number of aliphatic hydroxyl groups excluding tert-OH is 1. The average Bonchev–Trinajstić information content (AvgIpc) is 2.66. The second-order valence-corrected chi connectivity index (χ2v) is 6.09.